The Morgan fingerprint density at radius 3 is 2.35 bits per heavy atom. The summed E-state index contributed by atoms with van der Waals surface area (Å²) in [6.07, 6.45) is 2.07. The van der Waals surface area contributed by atoms with Crippen LogP contribution in [0.3, 0.4) is 0 Å². The van der Waals surface area contributed by atoms with Crippen LogP contribution in [-0.4, -0.2) is 47.4 Å². The van der Waals surface area contributed by atoms with Crippen molar-refractivity contribution in [3.63, 3.8) is 0 Å². The summed E-state index contributed by atoms with van der Waals surface area (Å²) in [5.74, 6) is 3.69. The minimum Gasteiger partial charge on any atom is -0.494 e. The molecule has 0 amide bonds. The molecule has 7 nitrogen and oxygen atoms in total. The van der Waals surface area contributed by atoms with Crippen LogP contribution >= 0.6 is 0 Å². The SMILES string of the molecule is CCOc1ccc(-c2noc(CN3CCC(Oc4ccccc4OCC)CC3)n2)cc1. The van der Waals surface area contributed by atoms with Crippen LogP contribution in [0, 0.1) is 0 Å². The molecule has 0 aliphatic carbocycles. The fourth-order valence-corrected chi connectivity index (χ4v) is 3.68. The van der Waals surface area contributed by atoms with E-state index in [2.05, 4.69) is 15.0 Å². The molecule has 0 radical (unpaired) electrons. The Morgan fingerprint density at radius 1 is 0.935 bits per heavy atom. The lowest BCUT2D eigenvalue weighted by molar-refractivity contribution is 0.0876. The molecule has 0 unspecified atom stereocenters. The molecule has 0 saturated carbocycles. The maximum absolute atomic E-state index is 6.21. The van der Waals surface area contributed by atoms with Crippen molar-refractivity contribution in [2.24, 2.45) is 0 Å². The van der Waals surface area contributed by atoms with Crippen LogP contribution < -0.4 is 14.2 Å². The van der Waals surface area contributed by atoms with Crippen molar-refractivity contribution in [2.75, 3.05) is 26.3 Å². The molecular formula is C24H29N3O4. The fourth-order valence-electron chi connectivity index (χ4n) is 3.68. The maximum atomic E-state index is 6.21. The molecule has 0 bridgehead atoms. The van der Waals surface area contributed by atoms with E-state index in [4.69, 9.17) is 18.7 Å². The van der Waals surface area contributed by atoms with Crippen molar-refractivity contribution in [2.45, 2.75) is 39.3 Å². The normalized spacial score (nSPS) is 15.0. The molecule has 2 heterocycles. The highest BCUT2D eigenvalue weighted by Crippen LogP contribution is 2.29. The summed E-state index contributed by atoms with van der Waals surface area (Å²) >= 11 is 0. The Labute approximate surface area is 182 Å². The summed E-state index contributed by atoms with van der Waals surface area (Å²) in [6.45, 7) is 7.70. The van der Waals surface area contributed by atoms with E-state index in [1.807, 2.05) is 62.4 Å². The van der Waals surface area contributed by atoms with Crippen LogP contribution in [0.1, 0.15) is 32.6 Å². The number of benzene rings is 2. The minimum absolute atomic E-state index is 0.181. The van der Waals surface area contributed by atoms with E-state index in [1.54, 1.807) is 0 Å². The van der Waals surface area contributed by atoms with Crippen LogP contribution in [0.25, 0.3) is 11.4 Å². The molecule has 2 aromatic carbocycles. The second-order valence-corrected chi connectivity index (χ2v) is 7.44. The van der Waals surface area contributed by atoms with Crippen molar-refractivity contribution < 1.29 is 18.7 Å². The predicted molar refractivity (Wildman–Crippen MR) is 117 cm³/mol. The summed E-state index contributed by atoms with van der Waals surface area (Å²) in [6, 6.07) is 15.6. The van der Waals surface area contributed by atoms with Gasteiger partial charge in [-0.05, 0) is 63.1 Å². The lowest BCUT2D eigenvalue weighted by Gasteiger charge is -2.31. The Kier molecular flexibility index (Phi) is 7.04. The second kappa shape index (κ2) is 10.3. The molecule has 31 heavy (non-hydrogen) atoms. The van der Waals surface area contributed by atoms with Gasteiger partial charge in [0.1, 0.15) is 11.9 Å². The summed E-state index contributed by atoms with van der Waals surface area (Å²) in [4.78, 5) is 6.88. The van der Waals surface area contributed by atoms with Gasteiger partial charge in [0.05, 0.1) is 19.8 Å². The van der Waals surface area contributed by atoms with Crippen LogP contribution in [0.5, 0.6) is 17.2 Å². The fraction of sp³-hybridized carbons (Fsp3) is 0.417. The van der Waals surface area contributed by atoms with Gasteiger partial charge in [0.25, 0.3) is 0 Å². The van der Waals surface area contributed by atoms with E-state index >= 15 is 0 Å². The van der Waals surface area contributed by atoms with E-state index in [0.29, 0.717) is 31.5 Å². The third-order valence-corrected chi connectivity index (χ3v) is 5.23. The first-order valence-electron chi connectivity index (χ1n) is 10.9. The Morgan fingerprint density at radius 2 is 1.65 bits per heavy atom. The molecule has 7 heteroatoms. The van der Waals surface area contributed by atoms with Crippen LogP contribution in [-0.2, 0) is 6.54 Å². The van der Waals surface area contributed by atoms with Crippen molar-refractivity contribution in [1.82, 2.24) is 15.0 Å². The first kappa shape index (κ1) is 21.2. The number of hydrogen-bond donors (Lipinski definition) is 0. The number of likely N-dealkylation sites (tertiary alicyclic amines) is 1. The van der Waals surface area contributed by atoms with E-state index in [0.717, 1.165) is 48.7 Å². The molecule has 0 N–H and O–H groups in total. The van der Waals surface area contributed by atoms with Crippen LogP contribution in [0.2, 0.25) is 0 Å². The van der Waals surface area contributed by atoms with Gasteiger partial charge in [-0.25, -0.2) is 0 Å². The van der Waals surface area contributed by atoms with Crippen molar-refractivity contribution >= 4 is 0 Å². The third-order valence-electron chi connectivity index (χ3n) is 5.23. The third kappa shape index (κ3) is 5.55. The summed E-state index contributed by atoms with van der Waals surface area (Å²) in [7, 11) is 0. The van der Waals surface area contributed by atoms with E-state index < -0.39 is 0 Å². The van der Waals surface area contributed by atoms with Gasteiger partial charge in [0, 0.05) is 18.7 Å². The lowest BCUT2D eigenvalue weighted by Crippen LogP contribution is -2.37. The van der Waals surface area contributed by atoms with E-state index in [9.17, 15) is 0 Å². The number of hydrogen-bond acceptors (Lipinski definition) is 7. The molecular weight excluding hydrogens is 394 g/mol. The highest BCUT2D eigenvalue weighted by molar-refractivity contribution is 5.55. The average molecular weight is 424 g/mol. The number of rotatable bonds is 9. The van der Waals surface area contributed by atoms with Crippen molar-refractivity contribution in [1.29, 1.82) is 0 Å². The molecule has 1 aromatic heterocycles. The highest BCUT2D eigenvalue weighted by atomic mass is 16.5. The zero-order chi connectivity index (χ0) is 21.5. The van der Waals surface area contributed by atoms with Gasteiger partial charge in [-0.15, -0.1) is 0 Å². The molecule has 1 aliphatic heterocycles. The van der Waals surface area contributed by atoms with Gasteiger partial charge in [-0.1, -0.05) is 17.3 Å². The topological polar surface area (TPSA) is 69.9 Å². The van der Waals surface area contributed by atoms with Gasteiger partial charge in [0.15, 0.2) is 11.5 Å². The number of ether oxygens (including phenoxy) is 3. The Bertz CT molecular complexity index is 949. The highest BCUT2D eigenvalue weighted by Gasteiger charge is 2.23. The van der Waals surface area contributed by atoms with Crippen LogP contribution in [0.15, 0.2) is 53.1 Å². The van der Waals surface area contributed by atoms with Gasteiger partial charge in [-0.3, -0.25) is 4.90 Å². The smallest absolute Gasteiger partial charge is 0.241 e. The molecule has 1 aliphatic rings. The first-order valence-corrected chi connectivity index (χ1v) is 10.9. The van der Waals surface area contributed by atoms with Gasteiger partial charge in [-0.2, -0.15) is 4.98 Å². The number of nitrogens with zero attached hydrogens (tertiary/aromatic N) is 3. The monoisotopic (exact) mass is 423 g/mol. The van der Waals surface area contributed by atoms with E-state index in [1.165, 1.54) is 0 Å². The maximum Gasteiger partial charge on any atom is 0.241 e. The van der Waals surface area contributed by atoms with Crippen molar-refractivity contribution in [3.05, 3.63) is 54.4 Å². The van der Waals surface area contributed by atoms with Gasteiger partial charge >= 0.3 is 0 Å². The molecule has 0 atom stereocenters. The molecule has 0 spiro atoms. The van der Waals surface area contributed by atoms with Crippen LogP contribution in [0.4, 0.5) is 0 Å². The summed E-state index contributed by atoms with van der Waals surface area (Å²) in [5.41, 5.74) is 0.915. The zero-order valence-corrected chi connectivity index (χ0v) is 18.1. The number of para-hydroxylation sites is 2. The van der Waals surface area contributed by atoms with Crippen molar-refractivity contribution in [3.8, 4) is 28.6 Å². The van der Waals surface area contributed by atoms with Gasteiger partial charge in [0.2, 0.25) is 11.7 Å². The largest absolute Gasteiger partial charge is 0.494 e. The summed E-state index contributed by atoms with van der Waals surface area (Å²) in [5, 5.41) is 4.13. The standard InChI is InChI=1S/C24H29N3O4/c1-3-28-19-11-9-18(10-12-19)24-25-23(31-26-24)17-27-15-13-20(14-16-27)30-22-8-6-5-7-21(22)29-4-2/h5-12,20H,3-4,13-17H2,1-2H3. The molecule has 1 saturated heterocycles. The molecule has 1 fully saturated rings. The first-order chi connectivity index (χ1) is 15.2. The quantitative estimate of drug-likeness (QED) is 0.499. The van der Waals surface area contributed by atoms with Gasteiger partial charge < -0.3 is 18.7 Å². The lowest BCUT2D eigenvalue weighted by atomic mass is 10.1. The number of piperidine rings is 1. The molecule has 3 aromatic rings. The Balaban J connectivity index is 1.29. The minimum atomic E-state index is 0.181. The zero-order valence-electron chi connectivity index (χ0n) is 18.1. The Hall–Kier alpha value is -3.06. The average Bonchev–Trinajstić information content (AvgIpc) is 3.26. The second-order valence-electron chi connectivity index (χ2n) is 7.44. The molecule has 4 rings (SSSR count). The van der Waals surface area contributed by atoms with E-state index in [-0.39, 0.29) is 6.10 Å². The molecule has 164 valence electrons. The predicted octanol–water partition coefficient (Wildman–Crippen LogP) is 4.58. The summed E-state index contributed by atoms with van der Waals surface area (Å²) < 4.78 is 22.8. The number of aromatic nitrogens is 2.